The Morgan fingerprint density at radius 1 is 1.24 bits per heavy atom. The SMILES string of the molecule is C=CC(=O)N1C[C@H](c2cnc(-c3ccc(F)cc3)cc2-c2ccn(C)n2)[C@@H](O)C1. The van der Waals surface area contributed by atoms with Gasteiger partial charge in [-0.15, -0.1) is 0 Å². The van der Waals surface area contributed by atoms with E-state index >= 15 is 0 Å². The number of carbonyl (C=O) groups is 1. The lowest BCUT2D eigenvalue weighted by molar-refractivity contribution is -0.125. The molecule has 2 aromatic heterocycles. The zero-order valence-electron chi connectivity index (χ0n) is 16.0. The number of aryl methyl sites for hydroxylation is 1. The molecule has 7 heteroatoms. The molecular formula is C22H21FN4O2. The summed E-state index contributed by atoms with van der Waals surface area (Å²) >= 11 is 0. The molecule has 29 heavy (non-hydrogen) atoms. The number of benzene rings is 1. The lowest BCUT2D eigenvalue weighted by atomic mass is 9.91. The fourth-order valence-electron chi connectivity index (χ4n) is 3.72. The first-order valence-electron chi connectivity index (χ1n) is 9.31. The van der Waals surface area contributed by atoms with Gasteiger partial charge in [-0.3, -0.25) is 14.5 Å². The average molecular weight is 392 g/mol. The molecule has 3 aromatic rings. The van der Waals surface area contributed by atoms with E-state index in [0.717, 1.165) is 22.4 Å². The molecule has 1 aliphatic heterocycles. The summed E-state index contributed by atoms with van der Waals surface area (Å²) in [5.41, 5.74) is 3.86. The van der Waals surface area contributed by atoms with Crippen molar-refractivity contribution in [3.63, 3.8) is 0 Å². The number of likely N-dealkylation sites (tertiary alicyclic amines) is 1. The van der Waals surface area contributed by atoms with Crippen LogP contribution in [-0.2, 0) is 11.8 Å². The minimum absolute atomic E-state index is 0.207. The van der Waals surface area contributed by atoms with Crippen LogP contribution in [0.3, 0.4) is 0 Å². The van der Waals surface area contributed by atoms with Gasteiger partial charge in [0.15, 0.2) is 0 Å². The van der Waals surface area contributed by atoms with Gasteiger partial charge in [-0.25, -0.2) is 4.39 Å². The fourth-order valence-corrected chi connectivity index (χ4v) is 3.72. The van der Waals surface area contributed by atoms with Gasteiger partial charge < -0.3 is 10.0 Å². The lowest BCUT2D eigenvalue weighted by Gasteiger charge is -2.18. The maximum Gasteiger partial charge on any atom is 0.246 e. The van der Waals surface area contributed by atoms with Crippen molar-refractivity contribution in [1.29, 1.82) is 0 Å². The Hall–Kier alpha value is -3.32. The Bertz CT molecular complexity index is 1060. The second-order valence-corrected chi connectivity index (χ2v) is 7.16. The van der Waals surface area contributed by atoms with E-state index < -0.39 is 6.10 Å². The predicted molar refractivity (Wildman–Crippen MR) is 107 cm³/mol. The van der Waals surface area contributed by atoms with Crippen LogP contribution in [-0.4, -0.2) is 49.9 Å². The predicted octanol–water partition coefficient (Wildman–Crippen LogP) is 2.76. The third-order valence-corrected chi connectivity index (χ3v) is 5.24. The summed E-state index contributed by atoms with van der Waals surface area (Å²) in [6.45, 7) is 4.15. The summed E-state index contributed by atoms with van der Waals surface area (Å²) in [7, 11) is 1.83. The summed E-state index contributed by atoms with van der Waals surface area (Å²) < 4.78 is 15.0. The molecular weight excluding hydrogens is 371 g/mol. The summed E-state index contributed by atoms with van der Waals surface area (Å²) in [4.78, 5) is 18.1. The molecule has 3 heterocycles. The average Bonchev–Trinajstić information content (AvgIpc) is 3.33. The molecule has 148 valence electrons. The van der Waals surface area contributed by atoms with Crippen molar-refractivity contribution in [1.82, 2.24) is 19.7 Å². The number of amides is 1. The number of halogens is 1. The van der Waals surface area contributed by atoms with Gasteiger partial charge in [-0.2, -0.15) is 5.10 Å². The minimum Gasteiger partial charge on any atom is -0.391 e. The first-order valence-corrected chi connectivity index (χ1v) is 9.31. The fraction of sp³-hybridized carbons (Fsp3) is 0.227. The molecule has 0 aliphatic carbocycles. The molecule has 0 spiro atoms. The molecule has 1 aliphatic rings. The van der Waals surface area contributed by atoms with E-state index in [2.05, 4.69) is 16.7 Å². The highest BCUT2D eigenvalue weighted by atomic mass is 19.1. The van der Waals surface area contributed by atoms with E-state index in [1.807, 2.05) is 25.4 Å². The first kappa shape index (κ1) is 19.0. The molecule has 0 saturated carbocycles. The van der Waals surface area contributed by atoms with Gasteiger partial charge in [-0.1, -0.05) is 6.58 Å². The van der Waals surface area contributed by atoms with E-state index in [1.165, 1.54) is 18.2 Å². The largest absolute Gasteiger partial charge is 0.391 e. The van der Waals surface area contributed by atoms with Crippen molar-refractivity contribution in [3.8, 4) is 22.5 Å². The Labute approximate surface area is 167 Å². The standard InChI is InChI=1S/C22H21FN4O2/c1-3-22(29)27-12-18(21(28)13-27)17-11-24-20(14-4-6-15(23)7-5-14)10-16(17)19-8-9-26(2)25-19/h3-11,18,21,28H,1,12-13H2,2H3/t18-,21+/m1/s1. The maximum absolute atomic E-state index is 13.3. The number of hydrogen-bond acceptors (Lipinski definition) is 4. The molecule has 1 fully saturated rings. The van der Waals surface area contributed by atoms with Crippen LogP contribution < -0.4 is 0 Å². The van der Waals surface area contributed by atoms with Crippen molar-refractivity contribution in [3.05, 3.63) is 72.8 Å². The van der Waals surface area contributed by atoms with Crippen molar-refractivity contribution >= 4 is 5.91 Å². The van der Waals surface area contributed by atoms with Crippen molar-refractivity contribution in [2.45, 2.75) is 12.0 Å². The van der Waals surface area contributed by atoms with Gasteiger partial charge in [0.2, 0.25) is 5.91 Å². The second-order valence-electron chi connectivity index (χ2n) is 7.16. The number of β-amino-alcohol motifs (C(OH)–C–C–N with tert-alkyl or cyclic N) is 1. The molecule has 0 unspecified atom stereocenters. The van der Waals surface area contributed by atoms with Gasteiger partial charge in [0.25, 0.3) is 0 Å². The van der Waals surface area contributed by atoms with E-state index in [1.54, 1.807) is 27.9 Å². The van der Waals surface area contributed by atoms with E-state index in [-0.39, 0.29) is 24.2 Å². The second kappa shape index (κ2) is 7.60. The zero-order valence-corrected chi connectivity index (χ0v) is 16.0. The van der Waals surface area contributed by atoms with Crippen LogP contribution in [0.4, 0.5) is 4.39 Å². The number of hydrogen-bond donors (Lipinski definition) is 1. The highest BCUT2D eigenvalue weighted by Gasteiger charge is 2.36. The summed E-state index contributed by atoms with van der Waals surface area (Å²) in [5, 5.41) is 15.1. The number of carbonyl (C=O) groups excluding carboxylic acids is 1. The molecule has 4 rings (SSSR count). The van der Waals surface area contributed by atoms with Gasteiger partial charge in [0, 0.05) is 49.6 Å². The van der Waals surface area contributed by atoms with Gasteiger partial charge in [0.05, 0.1) is 17.5 Å². The molecule has 1 aromatic carbocycles. The summed E-state index contributed by atoms with van der Waals surface area (Å²) in [6.07, 6.45) is 4.11. The third-order valence-electron chi connectivity index (χ3n) is 5.24. The van der Waals surface area contributed by atoms with Crippen molar-refractivity contribution < 1.29 is 14.3 Å². The van der Waals surface area contributed by atoms with Crippen LogP contribution in [0.1, 0.15) is 11.5 Å². The number of pyridine rings is 1. The Balaban J connectivity index is 1.78. The highest BCUT2D eigenvalue weighted by molar-refractivity contribution is 5.87. The highest BCUT2D eigenvalue weighted by Crippen LogP contribution is 2.36. The van der Waals surface area contributed by atoms with Crippen LogP contribution in [0.5, 0.6) is 0 Å². The Morgan fingerprint density at radius 2 is 2.00 bits per heavy atom. The number of aliphatic hydroxyl groups is 1. The number of aliphatic hydroxyl groups excluding tert-OH is 1. The number of aromatic nitrogens is 3. The topological polar surface area (TPSA) is 71.2 Å². The van der Waals surface area contributed by atoms with Gasteiger partial charge in [-0.05, 0) is 48.0 Å². The molecule has 6 nitrogen and oxygen atoms in total. The van der Waals surface area contributed by atoms with Gasteiger partial charge >= 0.3 is 0 Å². The van der Waals surface area contributed by atoms with Crippen LogP contribution >= 0.6 is 0 Å². The number of nitrogens with zero attached hydrogens (tertiary/aromatic N) is 4. The zero-order chi connectivity index (χ0) is 20.5. The molecule has 0 radical (unpaired) electrons. The van der Waals surface area contributed by atoms with Crippen LogP contribution in [0.25, 0.3) is 22.5 Å². The maximum atomic E-state index is 13.3. The van der Waals surface area contributed by atoms with Crippen LogP contribution in [0.2, 0.25) is 0 Å². The smallest absolute Gasteiger partial charge is 0.246 e. The van der Waals surface area contributed by atoms with E-state index in [4.69, 9.17) is 0 Å². The van der Waals surface area contributed by atoms with Gasteiger partial charge in [0.1, 0.15) is 5.82 Å². The third kappa shape index (κ3) is 3.69. The van der Waals surface area contributed by atoms with Crippen LogP contribution in [0, 0.1) is 5.82 Å². The molecule has 1 saturated heterocycles. The summed E-state index contributed by atoms with van der Waals surface area (Å²) in [5.74, 6) is -0.802. The van der Waals surface area contributed by atoms with E-state index in [9.17, 15) is 14.3 Å². The quantitative estimate of drug-likeness (QED) is 0.693. The van der Waals surface area contributed by atoms with Crippen molar-refractivity contribution in [2.75, 3.05) is 13.1 Å². The lowest BCUT2D eigenvalue weighted by Crippen LogP contribution is -2.27. The van der Waals surface area contributed by atoms with Crippen LogP contribution in [0.15, 0.2) is 61.4 Å². The van der Waals surface area contributed by atoms with E-state index in [0.29, 0.717) is 12.2 Å². The molecule has 2 atom stereocenters. The first-order chi connectivity index (χ1) is 14.0. The normalized spacial score (nSPS) is 18.8. The molecule has 1 N–H and O–H groups in total. The Morgan fingerprint density at radius 3 is 2.66 bits per heavy atom. The number of rotatable bonds is 4. The van der Waals surface area contributed by atoms with Crippen molar-refractivity contribution in [2.24, 2.45) is 7.05 Å². The minimum atomic E-state index is -0.708. The monoisotopic (exact) mass is 392 g/mol. The molecule has 1 amide bonds. The molecule has 0 bridgehead atoms. The summed E-state index contributed by atoms with van der Waals surface area (Å²) in [6, 6.07) is 9.93. The Kier molecular flexibility index (Phi) is 4.98.